The van der Waals surface area contributed by atoms with Gasteiger partial charge in [-0.3, -0.25) is 4.90 Å². The fourth-order valence-corrected chi connectivity index (χ4v) is 3.06. The van der Waals surface area contributed by atoms with Gasteiger partial charge in [0.15, 0.2) is 0 Å². The highest BCUT2D eigenvalue weighted by atomic mass is 32.2. The summed E-state index contributed by atoms with van der Waals surface area (Å²) in [6, 6.07) is 1.24. The Morgan fingerprint density at radius 3 is 2.29 bits per heavy atom. The normalized spacial score (nSPS) is 26.0. The van der Waals surface area contributed by atoms with Gasteiger partial charge in [-0.2, -0.15) is 4.31 Å². The highest BCUT2D eigenvalue weighted by molar-refractivity contribution is 7.88. The predicted molar refractivity (Wildman–Crippen MR) is 68.5 cm³/mol. The summed E-state index contributed by atoms with van der Waals surface area (Å²) in [7, 11) is -3.00. The minimum Gasteiger partial charge on any atom is -0.312 e. The van der Waals surface area contributed by atoms with Gasteiger partial charge in [-0.25, -0.2) is 8.42 Å². The number of rotatable bonds is 5. The maximum absolute atomic E-state index is 11.4. The van der Waals surface area contributed by atoms with E-state index in [1.165, 1.54) is 19.1 Å². The van der Waals surface area contributed by atoms with Crippen LogP contribution >= 0.6 is 0 Å². The van der Waals surface area contributed by atoms with E-state index >= 15 is 0 Å². The summed E-state index contributed by atoms with van der Waals surface area (Å²) in [5.74, 6) is 0. The van der Waals surface area contributed by atoms with E-state index in [1.54, 1.807) is 4.31 Å². The number of sulfonamides is 1. The summed E-state index contributed by atoms with van der Waals surface area (Å²) in [4.78, 5) is 2.37. The van der Waals surface area contributed by atoms with E-state index < -0.39 is 10.0 Å². The first-order valence-corrected chi connectivity index (χ1v) is 8.24. The molecule has 2 rings (SSSR count). The van der Waals surface area contributed by atoms with E-state index in [-0.39, 0.29) is 0 Å². The minimum atomic E-state index is -3.00. The summed E-state index contributed by atoms with van der Waals surface area (Å²) in [5, 5.41) is 3.52. The topological polar surface area (TPSA) is 52.6 Å². The van der Waals surface area contributed by atoms with Crippen molar-refractivity contribution in [2.45, 2.75) is 31.8 Å². The molecule has 6 heteroatoms. The number of hydrogen-bond donors (Lipinski definition) is 1. The molecule has 0 aromatic heterocycles. The maximum Gasteiger partial charge on any atom is 0.211 e. The van der Waals surface area contributed by atoms with Crippen LogP contribution < -0.4 is 5.32 Å². The Bertz CT molecular complexity index is 346. The van der Waals surface area contributed by atoms with Crippen molar-refractivity contribution < 1.29 is 8.42 Å². The molecule has 0 spiro atoms. The number of nitrogens with one attached hydrogen (secondary N) is 1. The molecule has 1 N–H and O–H groups in total. The van der Waals surface area contributed by atoms with E-state index in [4.69, 9.17) is 0 Å². The zero-order valence-electron chi connectivity index (χ0n) is 10.7. The highest BCUT2D eigenvalue weighted by Crippen LogP contribution is 2.18. The van der Waals surface area contributed by atoms with Crippen LogP contribution in [0.25, 0.3) is 0 Å². The molecule has 0 aromatic rings. The molecule has 1 unspecified atom stereocenters. The number of nitrogens with zero attached hydrogens (tertiary/aromatic N) is 2. The molecule has 17 heavy (non-hydrogen) atoms. The van der Waals surface area contributed by atoms with Crippen LogP contribution in [0.1, 0.15) is 19.8 Å². The van der Waals surface area contributed by atoms with Crippen molar-refractivity contribution in [3.63, 3.8) is 0 Å². The lowest BCUT2D eigenvalue weighted by atomic mass is 10.2. The fraction of sp³-hybridized carbons (Fsp3) is 1.00. The Labute approximate surface area is 104 Å². The zero-order chi connectivity index (χ0) is 12.5. The molecule has 1 heterocycles. The van der Waals surface area contributed by atoms with E-state index in [9.17, 15) is 8.42 Å². The van der Waals surface area contributed by atoms with Crippen LogP contribution in [-0.2, 0) is 10.0 Å². The molecule has 0 radical (unpaired) electrons. The van der Waals surface area contributed by atoms with E-state index in [0.717, 1.165) is 25.7 Å². The zero-order valence-corrected chi connectivity index (χ0v) is 11.5. The standard InChI is InChI=1S/C11H23N3O2S/c1-10(9-12-11-3-4-11)13-5-7-14(8-6-13)17(2,15)16/h10-12H,3-9H2,1-2H3. The molecule has 1 saturated carbocycles. The van der Waals surface area contributed by atoms with Gasteiger partial charge in [-0.05, 0) is 19.8 Å². The SMILES string of the molecule is CC(CNC1CC1)N1CCN(S(C)(=O)=O)CC1. The molecule has 1 aliphatic carbocycles. The second kappa shape index (κ2) is 5.22. The van der Waals surface area contributed by atoms with E-state index in [0.29, 0.717) is 19.1 Å². The third-order valence-electron chi connectivity index (χ3n) is 3.64. The number of hydrogen-bond acceptors (Lipinski definition) is 4. The van der Waals surface area contributed by atoms with Gasteiger partial charge in [-0.1, -0.05) is 0 Å². The summed E-state index contributed by atoms with van der Waals surface area (Å²) in [5.41, 5.74) is 0. The summed E-state index contributed by atoms with van der Waals surface area (Å²) in [6.45, 7) is 6.19. The van der Waals surface area contributed by atoms with Crippen molar-refractivity contribution in [1.82, 2.24) is 14.5 Å². The van der Waals surface area contributed by atoms with E-state index in [1.807, 2.05) is 0 Å². The third kappa shape index (κ3) is 3.91. The smallest absolute Gasteiger partial charge is 0.211 e. The average Bonchev–Trinajstić information content (AvgIpc) is 3.09. The lowest BCUT2D eigenvalue weighted by Gasteiger charge is -2.37. The molecule has 0 bridgehead atoms. The van der Waals surface area contributed by atoms with Gasteiger partial charge >= 0.3 is 0 Å². The molecule has 1 atom stereocenters. The van der Waals surface area contributed by atoms with Crippen LogP contribution in [0.3, 0.4) is 0 Å². The van der Waals surface area contributed by atoms with Gasteiger partial charge < -0.3 is 5.32 Å². The van der Waals surface area contributed by atoms with Gasteiger partial charge in [0.05, 0.1) is 6.26 Å². The molecule has 5 nitrogen and oxygen atoms in total. The van der Waals surface area contributed by atoms with Crippen molar-refractivity contribution in [3.05, 3.63) is 0 Å². The first-order chi connectivity index (χ1) is 7.97. The molecule has 0 amide bonds. The molecular formula is C11H23N3O2S. The van der Waals surface area contributed by atoms with Gasteiger partial charge in [-0.15, -0.1) is 0 Å². The van der Waals surface area contributed by atoms with Gasteiger partial charge in [0, 0.05) is 44.8 Å². The minimum absolute atomic E-state index is 0.498. The molecular weight excluding hydrogens is 238 g/mol. The highest BCUT2D eigenvalue weighted by Gasteiger charge is 2.27. The Morgan fingerprint density at radius 1 is 1.24 bits per heavy atom. The summed E-state index contributed by atoms with van der Waals surface area (Å²) < 4.78 is 24.3. The van der Waals surface area contributed by atoms with Crippen LogP contribution in [0.2, 0.25) is 0 Å². The molecule has 2 fully saturated rings. The van der Waals surface area contributed by atoms with Crippen molar-refractivity contribution in [3.8, 4) is 0 Å². The lowest BCUT2D eigenvalue weighted by Crippen LogP contribution is -2.53. The van der Waals surface area contributed by atoms with Crippen LogP contribution in [0, 0.1) is 0 Å². The van der Waals surface area contributed by atoms with Crippen LogP contribution in [0.5, 0.6) is 0 Å². The molecule has 2 aliphatic rings. The molecule has 0 aromatic carbocycles. The predicted octanol–water partition coefficient (Wildman–Crippen LogP) is -0.296. The quantitative estimate of drug-likeness (QED) is 0.738. The first-order valence-electron chi connectivity index (χ1n) is 6.39. The van der Waals surface area contributed by atoms with Crippen molar-refractivity contribution >= 4 is 10.0 Å². The van der Waals surface area contributed by atoms with Gasteiger partial charge in [0.25, 0.3) is 0 Å². The van der Waals surface area contributed by atoms with E-state index in [2.05, 4.69) is 17.1 Å². The van der Waals surface area contributed by atoms with Crippen LogP contribution in [-0.4, -0.2) is 68.7 Å². The fourth-order valence-electron chi connectivity index (χ4n) is 2.23. The molecule has 100 valence electrons. The van der Waals surface area contributed by atoms with Crippen molar-refractivity contribution in [2.24, 2.45) is 0 Å². The molecule has 1 saturated heterocycles. The Kier molecular flexibility index (Phi) is 4.07. The first kappa shape index (κ1) is 13.3. The van der Waals surface area contributed by atoms with Gasteiger partial charge in [0.1, 0.15) is 0 Å². The second-order valence-electron chi connectivity index (χ2n) is 5.23. The summed E-state index contributed by atoms with van der Waals surface area (Å²) in [6.07, 6.45) is 3.92. The van der Waals surface area contributed by atoms with Crippen LogP contribution in [0.15, 0.2) is 0 Å². The van der Waals surface area contributed by atoms with Gasteiger partial charge in [0.2, 0.25) is 10.0 Å². The largest absolute Gasteiger partial charge is 0.312 e. The number of piperazine rings is 1. The Hall–Kier alpha value is -0.170. The second-order valence-corrected chi connectivity index (χ2v) is 7.21. The lowest BCUT2D eigenvalue weighted by molar-refractivity contribution is 0.144. The Morgan fingerprint density at radius 2 is 1.82 bits per heavy atom. The Balaban J connectivity index is 1.73. The van der Waals surface area contributed by atoms with Crippen molar-refractivity contribution in [2.75, 3.05) is 39.0 Å². The summed E-state index contributed by atoms with van der Waals surface area (Å²) >= 11 is 0. The van der Waals surface area contributed by atoms with Crippen LogP contribution in [0.4, 0.5) is 0 Å². The maximum atomic E-state index is 11.4. The van der Waals surface area contributed by atoms with Crippen molar-refractivity contribution in [1.29, 1.82) is 0 Å². The third-order valence-corrected chi connectivity index (χ3v) is 4.95. The average molecular weight is 261 g/mol. The monoisotopic (exact) mass is 261 g/mol. The molecule has 1 aliphatic heterocycles.